The lowest BCUT2D eigenvalue weighted by Crippen LogP contribution is -2.12. The number of rotatable bonds is 3. The quantitative estimate of drug-likeness (QED) is 0.753. The minimum absolute atomic E-state index is 0.0651. The van der Waals surface area contributed by atoms with Gasteiger partial charge in [0.25, 0.3) is 6.43 Å². The van der Waals surface area contributed by atoms with E-state index in [1.165, 1.54) is 6.92 Å². The van der Waals surface area contributed by atoms with Crippen molar-refractivity contribution in [2.45, 2.75) is 20.3 Å². The molecule has 1 aromatic rings. The van der Waals surface area contributed by atoms with Crippen LogP contribution in [0.25, 0.3) is 0 Å². The Labute approximate surface area is 90.2 Å². The molecule has 1 rings (SSSR count). The van der Waals surface area contributed by atoms with Crippen LogP contribution >= 0.6 is 0 Å². The van der Waals surface area contributed by atoms with Gasteiger partial charge in [-0.15, -0.1) is 0 Å². The van der Waals surface area contributed by atoms with Gasteiger partial charge >= 0.3 is 5.97 Å². The van der Waals surface area contributed by atoms with Gasteiger partial charge in [0.2, 0.25) is 0 Å². The smallest absolute Gasteiger partial charge is 0.360 e. The van der Waals surface area contributed by atoms with Crippen LogP contribution in [-0.4, -0.2) is 17.6 Å². The summed E-state index contributed by atoms with van der Waals surface area (Å²) in [6.45, 7) is 2.90. The molecular weight excluding hydrogens is 223 g/mol. The van der Waals surface area contributed by atoms with E-state index in [9.17, 15) is 18.0 Å². The fraction of sp³-hybridized carbons (Fsp3) is 0.400. The fourth-order valence-electron chi connectivity index (χ4n) is 1.16. The van der Waals surface area contributed by atoms with Crippen LogP contribution in [0.4, 0.5) is 13.2 Å². The molecule has 0 saturated carbocycles. The molecule has 0 aromatic carbocycles. The van der Waals surface area contributed by atoms with Crippen LogP contribution in [0.15, 0.2) is 6.07 Å². The minimum atomic E-state index is -2.82. The number of aromatic nitrogens is 1. The lowest BCUT2D eigenvalue weighted by Gasteiger charge is -2.07. The second-order valence-corrected chi connectivity index (χ2v) is 3.01. The van der Waals surface area contributed by atoms with Crippen LogP contribution in [-0.2, 0) is 4.74 Å². The molecule has 0 aliphatic carbocycles. The van der Waals surface area contributed by atoms with Gasteiger partial charge in [0.15, 0.2) is 11.5 Å². The topological polar surface area (TPSA) is 39.2 Å². The van der Waals surface area contributed by atoms with E-state index >= 15 is 0 Å². The number of aryl methyl sites for hydroxylation is 1. The molecule has 0 amide bonds. The van der Waals surface area contributed by atoms with Crippen molar-refractivity contribution in [2.24, 2.45) is 0 Å². The van der Waals surface area contributed by atoms with Crippen molar-refractivity contribution in [3.05, 3.63) is 28.8 Å². The zero-order valence-corrected chi connectivity index (χ0v) is 8.76. The average Bonchev–Trinajstić information content (AvgIpc) is 2.20. The molecule has 3 nitrogen and oxygen atoms in total. The largest absolute Gasteiger partial charge is 0.461 e. The molecular formula is C10H10F3NO2. The number of ether oxygens (including phenoxy) is 1. The predicted molar refractivity (Wildman–Crippen MR) is 49.8 cm³/mol. The summed E-state index contributed by atoms with van der Waals surface area (Å²) in [6, 6.07) is 0.610. The summed E-state index contributed by atoms with van der Waals surface area (Å²) in [7, 11) is 0. The third-order valence-corrected chi connectivity index (χ3v) is 1.91. The van der Waals surface area contributed by atoms with Gasteiger partial charge in [-0.3, -0.25) is 0 Å². The number of carbonyl (C=O) groups excluding carboxylic acids is 1. The third-order valence-electron chi connectivity index (χ3n) is 1.91. The van der Waals surface area contributed by atoms with Crippen molar-refractivity contribution >= 4 is 5.97 Å². The molecule has 16 heavy (non-hydrogen) atoms. The highest BCUT2D eigenvalue weighted by atomic mass is 19.3. The minimum Gasteiger partial charge on any atom is -0.461 e. The molecule has 88 valence electrons. The number of nitrogens with zero attached hydrogens (tertiary/aromatic N) is 1. The molecule has 0 aliphatic rings. The van der Waals surface area contributed by atoms with Gasteiger partial charge in [-0.1, -0.05) is 0 Å². The first kappa shape index (κ1) is 12.5. The summed E-state index contributed by atoms with van der Waals surface area (Å²) in [5.74, 6) is -2.05. The summed E-state index contributed by atoms with van der Waals surface area (Å²) >= 11 is 0. The molecule has 0 N–H and O–H groups in total. The first-order valence-electron chi connectivity index (χ1n) is 4.59. The van der Waals surface area contributed by atoms with E-state index in [0.717, 1.165) is 0 Å². The van der Waals surface area contributed by atoms with E-state index in [-0.39, 0.29) is 12.3 Å². The van der Waals surface area contributed by atoms with Crippen molar-refractivity contribution < 1.29 is 22.7 Å². The number of halogens is 3. The summed E-state index contributed by atoms with van der Waals surface area (Å²) in [4.78, 5) is 14.7. The molecule has 0 fully saturated rings. The van der Waals surface area contributed by atoms with Gasteiger partial charge in [0, 0.05) is 11.3 Å². The number of alkyl halides is 2. The average molecular weight is 233 g/mol. The second-order valence-electron chi connectivity index (χ2n) is 3.01. The molecule has 0 atom stereocenters. The molecule has 0 unspecified atom stereocenters. The SMILES string of the molecule is CCOC(=O)c1nc(C)c(C(F)F)cc1F. The summed E-state index contributed by atoms with van der Waals surface area (Å²) < 4.78 is 42.5. The maximum absolute atomic E-state index is 13.3. The van der Waals surface area contributed by atoms with Gasteiger partial charge in [-0.05, 0) is 19.9 Å². The van der Waals surface area contributed by atoms with Crippen molar-refractivity contribution in [3.8, 4) is 0 Å². The van der Waals surface area contributed by atoms with Gasteiger partial charge in [0.1, 0.15) is 0 Å². The summed E-state index contributed by atoms with van der Waals surface area (Å²) in [5, 5.41) is 0. The Bertz CT molecular complexity index is 407. The Morgan fingerprint density at radius 1 is 1.56 bits per heavy atom. The molecule has 1 aromatic heterocycles. The lowest BCUT2D eigenvalue weighted by atomic mass is 10.2. The van der Waals surface area contributed by atoms with Crippen LogP contribution in [0.5, 0.6) is 0 Å². The zero-order chi connectivity index (χ0) is 12.3. The van der Waals surface area contributed by atoms with Gasteiger partial charge in [0.05, 0.1) is 6.61 Å². The number of hydrogen-bond donors (Lipinski definition) is 0. The van der Waals surface area contributed by atoms with E-state index in [1.54, 1.807) is 6.92 Å². The fourth-order valence-corrected chi connectivity index (χ4v) is 1.16. The monoisotopic (exact) mass is 233 g/mol. The van der Waals surface area contributed by atoms with Crippen molar-refractivity contribution in [3.63, 3.8) is 0 Å². The lowest BCUT2D eigenvalue weighted by molar-refractivity contribution is 0.0512. The molecule has 0 aliphatic heterocycles. The molecule has 6 heteroatoms. The first-order valence-corrected chi connectivity index (χ1v) is 4.59. The van der Waals surface area contributed by atoms with Gasteiger partial charge in [-0.2, -0.15) is 0 Å². The Kier molecular flexibility index (Phi) is 3.87. The normalized spacial score (nSPS) is 10.6. The summed E-state index contributed by atoms with van der Waals surface area (Å²) in [6.07, 6.45) is -2.82. The molecule has 0 bridgehead atoms. The Hall–Kier alpha value is -1.59. The molecule has 0 saturated heterocycles. The van der Waals surface area contributed by atoms with Crippen LogP contribution in [0.1, 0.15) is 35.1 Å². The number of hydrogen-bond acceptors (Lipinski definition) is 3. The van der Waals surface area contributed by atoms with E-state index in [0.29, 0.717) is 6.07 Å². The van der Waals surface area contributed by atoms with E-state index in [2.05, 4.69) is 9.72 Å². The number of carbonyl (C=O) groups is 1. The summed E-state index contributed by atoms with van der Waals surface area (Å²) in [5.41, 5.74) is -1.17. The van der Waals surface area contributed by atoms with Gasteiger partial charge < -0.3 is 4.74 Å². The van der Waals surface area contributed by atoms with E-state index in [4.69, 9.17) is 0 Å². The second kappa shape index (κ2) is 4.96. The third kappa shape index (κ3) is 2.50. The molecule has 0 spiro atoms. The van der Waals surface area contributed by atoms with E-state index < -0.39 is 29.5 Å². The highest BCUT2D eigenvalue weighted by Gasteiger charge is 2.20. The maximum Gasteiger partial charge on any atom is 0.360 e. The maximum atomic E-state index is 13.3. The first-order chi connectivity index (χ1) is 7.47. The number of esters is 1. The van der Waals surface area contributed by atoms with Crippen molar-refractivity contribution in [1.29, 1.82) is 0 Å². The molecule has 0 radical (unpaired) electrons. The highest BCUT2D eigenvalue weighted by Crippen LogP contribution is 2.23. The Morgan fingerprint density at radius 3 is 2.69 bits per heavy atom. The van der Waals surface area contributed by atoms with Crippen LogP contribution in [0.3, 0.4) is 0 Å². The highest BCUT2D eigenvalue weighted by molar-refractivity contribution is 5.87. The van der Waals surface area contributed by atoms with Gasteiger partial charge in [-0.25, -0.2) is 22.9 Å². The van der Waals surface area contributed by atoms with E-state index in [1.807, 2.05) is 0 Å². The molecule has 1 heterocycles. The van der Waals surface area contributed by atoms with Crippen molar-refractivity contribution in [1.82, 2.24) is 4.98 Å². The standard InChI is InChI=1S/C10H10F3NO2/c1-3-16-10(15)8-7(11)4-6(9(12)13)5(2)14-8/h4,9H,3H2,1-2H3. The Balaban J connectivity index is 3.15. The van der Waals surface area contributed by atoms with Crippen LogP contribution in [0, 0.1) is 12.7 Å². The van der Waals surface area contributed by atoms with Crippen LogP contribution in [0.2, 0.25) is 0 Å². The van der Waals surface area contributed by atoms with Crippen LogP contribution < -0.4 is 0 Å². The van der Waals surface area contributed by atoms with Crippen molar-refractivity contribution in [2.75, 3.05) is 6.61 Å². The zero-order valence-electron chi connectivity index (χ0n) is 8.76. The predicted octanol–water partition coefficient (Wildman–Crippen LogP) is 2.64. The number of pyridine rings is 1. The Morgan fingerprint density at radius 2 is 2.19 bits per heavy atom.